The Morgan fingerprint density at radius 1 is 0.620 bits per heavy atom. The van der Waals surface area contributed by atoms with Crippen molar-refractivity contribution in [3.8, 4) is 46.3 Å². The highest BCUT2D eigenvalue weighted by Gasteiger charge is 2.41. The van der Waals surface area contributed by atoms with Crippen LogP contribution in [0.1, 0.15) is 48.5 Å². The van der Waals surface area contributed by atoms with Gasteiger partial charge in [-0.15, -0.1) is 0 Å². The first-order valence-corrected chi connectivity index (χ1v) is 22.3. The smallest absolute Gasteiger partial charge is 0.425 e. The summed E-state index contributed by atoms with van der Waals surface area (Å²) in [5.74, 6) is -4.67. The number of hydrogen-bond donors (Lipinski definition) is 5. The van der Waals surface area contributed by atoms with Crippen LogP contribution in [0.2, 0.25) is 5.15 Å². The fourth-order valence-electron chi connectivity index (χ4n) is 6.75. The number of pyridine rings is 3. The molecule has 416 valence electrons. The van der Waals surface area contributed by atoms with E-state index in [0.717, 1.165) is 81.4 Å². The second-order valence-electron chi connectivity index (χ2n) is 15.8. The number of fused-ring (bicyclic) bond motifs is 1. The van der Waals surface area contributed by atoms with Crippen molar-refractivity contribution in [3.63, 3.8) is 0 Å². The van der Waals surface area contributed by atoms with E-state index < -0.39 is 81.1 Å². The number of hydrogen-bond acceptors (Lipinski definition) is 15. The number of carboxylic acid groups (broad SMARTS) is 1. The summed E-state index contributed by atoms with van der Waals surface area (Å²) in [6.07, 6.45) is -9.18. The number of nitrogen functional groups attached to an aromatic ring is 2. The number of aryl methyl sites for hydroxylation is 1. The summed E-state index contributed by atoms with van der Waals surface area (Å²) < 4.78 is 143. The summed E-state index contributed by atoms with van der Waals surface area (Å²) in [6.45, 7) is 2.46. The number of halogens is 10. The summed E-state index contributed by atoms with van der Waals surface area (Å²) in [5.41, 5.74) is 14.9. The SMILES string of the molecule is COc1ccnc(Cl)c1C(F)(F)F.COc1ccnc(Oc2ccc(N)c(C(N)=O)c2)c1C(F)(F)F.COc1ccnc(Oc2ccc3c(c2)c(=O)ncn3Cc2ccc(C)cc2)c1C(F)(F)F.Nc1ccc(O)cc1C(=O)O. The van der Waals surface area contributed by atoms with Crippen molar-refractivity contribution >= 4 is 45.8 Å². The molecule has 0 fully saturated rings. The third-order valence-electron chi connectivity index (χ3n) is 10.4. The molecular formula is C51H42ClF9N8O10. The zero-order chi connectivity index (χ0) is 58.6. The molecule has 0 unspecified atom stereocenters. The summed E-state index contributed by atoms with van der Waals surface area (Å²) in [4.78, 5) is 48.5. The molecule has 0 aliphatic rings. The Kier molecular flexibility index (Phi) is 19.5. The number of benzene rings is 4. The normalized spacial score (nSPS) is 11.1. The lowest BCUT2D eigenvalue weighted by molar-refractivity contribution is -0.141. The highest BCUT2D eigenvalue weighted by atomic mass is 35.5. The Morgan fingerprint density at radius 3 is 1.56 bits per heavy atom. The van der Waals surface area contributed by atoms with Crippen LogP contribution in [0.25, 0.3) is 10.9 Å². The number of carbonyl (C=O) groups excluding carboxylic acids is 1. The van der Waals surface area contributed by atoms with E-state index in [1.54, 1.807) is 10.6 Å². The number of carboxylic acids is 1. The molecule has 8 N–H and O–H groups in total. The molecule has 18 nitrogen and oxygen atoms in total. The van der Waals surface area contributed by atoms with Crippen molar-refractivity contribution in [1.29, 1.82) is 0 Å². The molecule has 79 heavy (non-hydrogen) atoms. The van der Waals surface area contributed by atoms with E-state index in [2.05, 4.69) is 24.7 Å². The number of ether oxygens (including phenoxy) is 5. The summed E-state index contributed by atoms with van der Waals surface area (Å²) >= 11 is 5.28. The van der Waals surface area contributed by atoms with Crippen molar-refractivity contribution in [2.75, 3.05) is 32.8 Å². The molecule has 8 aromatic rings. The predicted molar refractivity (Wildman–Crippen MR) is 268 cm³/mol. The van der Waals surface area contributed by atoms with Gasteiger partial charge in [0.1, 0.15) is 45.2 Å². The summed E-state index contributed by atoms with van der Waals surface area (Å²) in [6, 6.07) is 23.2. The third-order valence-corrected chi connectivity index (χ3v) is 10.7. The number of phenolic OH excluding ortho intramolecular Hbond substituents is 1. The van der Waals surface area contributed by atoms with Gasteiger partial charge in [-0.05, 0) is 85.3 Å². The largest absolute Gasteiger partial charge is 0.508 e. The molecule has 0 spiro atoms. The van der Waals surface area contributed by atoms with E-state index in [4.69, 9.17) is 58.0 Å². The molecule has 0 aliphatic carbocycles. The minimum atomic E-state index is -4.74. The quantitative estimate of drug-likeness (QED) is 0.0348. The number of carbonyl (C=O) groups is 2. The lowest BCUT2D eigenvalue weighted by atomic mass is 10.1. The van der Waals surface area contributed by atoms with Gasteiger partial charge in [-0.2, -0.15) is 44.5 Å². The van der Waals surface area contributed by atoms with E-state index >= 15 is 0 Å². The number of anilines is 2. The van der Waals surface area contributed by atoms with Gasteiger partial charge in [0, 0.05) is 36.5 Å². The number of amides is 1. The van der Waals surface area contributed by atoms with Crippen LogP contribution < -0.4 is 46.4 Å². The number of aromatic nitrogens is 5. The van der Waals surface area contributed by atoms with Gasteiger partial charge in [-0.25, -0.2) is 19.7 Å². The Hall–Kier alpha value is -9.53. The Labute approximate surface area is 445 Å². The molecule has 4 aromatic carbocycles. The van der Waals surface area contributed by atoms with Crippen LogP contribution in [-0.4, -0.2) is 67.9 Å². The van der Waals surface area contributed by atoms with Gasteiger partial charge >= 0.3 is 24.5 Å². The van der Waals surface area contributed by atoms with Crippen LogP contribution in [0.15, 0.2) is 127 Å². The Morgan fingerprint density at radius 2 is 1.09 bits per heavy atom. The van der Waals surface area contributed by atoms with Crippen LogP contribution in [0.3, 0.4) is 0 Å². The molecule has 28 heteroatoms. The lowest BCUT2D eigenvalue weighted by Gasteiger charge is -2.16. The molecule has 8 rings (SSSR count). The maximum Gasteiger partial charge on any atom is 0.425 e. The number of primary amides is 1. The predicted octanol–water partition coefficient (Wildman–Crippen LogP) is 11.0. The molecule has 0 atom stereocenters. The fraction of sp³-hybridized carbons (Fsp3) is 0.157. The van der Waals surface area contributed by atoms with Crippen molar-refractivity contribution in [2.45, 2.75) is 32.0 Å². The van der Waals surface area contributed by atoms with Gasteiger partial charge in [0.05, 0.1) is 49.7 Å². The van der Waals surface area contributed by atoms with Crippen molar-refractivity contribution in [1.82, 2.24) is 24.5 Å². The molecule has 4 heterocycles. The highest BCUT2D eigenvalue weighted by molar-refractivity contribution is 6.30. The summed E-state index contributed by atoms with van der Waals surface area (Å²) in [7, 11) is 3.37. The number of aromatic carboxylic acids is 1. The number of phenols is 1. The van der Waals surface area contributed by atoms with E-state index in [1.165, 1.54) is 42.7 Å². The lowest BCUT2D eigenvalue weighted by Crippen LogP contribution is -2.14. The van der Waals surface area contributed by atoms with Crippen molar-refractivity contribution in [3.05, 3.63) is 176 Å². The number of nitrogens with two attached hydrogens (primary N) is 3. The number of alkyl halides is 9. The van der Waals surface area contributed by atoms with Crippen molar-refractivity contribution in [2.24, 2.45) is 5.73 Å². The van der Waals surface area contributed by atoms with E-state index in [0.29, 0.717) is 12.1 Å². The van der Waals surface area contributed by atoms with Crippen LogP contribution in [0, 0.1) is 6.92 Å². The first-order valence-electron chi connectivity index (χ1n) is 21.9. The molecule has 0 saturated heterocycles. The van der Waals surface area contributed by atoms with E-state index in [-0.39, 0.29) is 50.9 Å². The number of methoxy groups -OCH3 is 3. The molecule has 0 radical (unpaired) electrons. The summed E-state index contributed by atoms with van der Waals surface area (Å²) in [5, 5.41) is 17.0. The minimum absolute atomic E-state index is 0.0238. The second kappa shape index (κ2) is 25.5. The van der Waals surface area contributed by atoms with Crippen LogP contribution in [0.5, 0.6) is 46.3 Å². The maximum atomic E-state index is 13.5. The minimum Gasteiger partial charge on any atom is -0.508 e. The standard InChI is InChI=1S/C23H18F3N3O3.C14H12F3N3O3.C7H5ClF3NO.C7H7NO3/c1-14-3-5-15(6-4-14)12-29-13-28-21(30)17-11-16(7-8-18(17)29)32-22-20(23(24,25)26)19(31-2)9-10-27-22;1-22-10-4-5-20-13(11(10)14(15,16)17)23-7-2-3-9(18)8(6-7)12(19)21;1-13-4-2-3-12-6(8)5(4)7(9,10)11;8-6-2-1-4(9)3-5(6)7(10)11/h3-11,13H,12H2,1-2H3;2-6H,18H2,1H3,(H2,19,21);2-3H,1H3;1-3,9H,8H2,(H,10,11). The molecule has 4 aromatic heterocycles. The fourth-order valence-corrected chi connectivity index (χ4v) is 7.01. The van der Waals surface area contributed by atoms with Gasteiger partial charge in [0.15, 0.2) is 11.1 Å². The molecule has 1 amide bonds. The van der Waals surface area contributed by atoms with Crippen LogP contribution >= 0.6 is 11.6 Å². The van der Waals surface area contributed by atoms with Gasteiger partial charge in [-0.3, -0.25) is 9.59 Å². The first kappa shape index (κ1) is 60.3. The Bertz CT molecular complexity index is 3530. The van der Waals surface area contributed by atoms with Crippen LogP contribution in [-0.2, 0) is 25.1 Å². The zero-order valence-corrected chi connectivity index (χ0v) is 41.9. The average Bonchev–Trinajstić information content (AvgIpc) is 3.38. The number of aromatic hydroxyl groups is 1. The average molecular weight is 1130 g/mol. The van der Waals surface area contributed by atoms with Gasteiger partial charge in [0.2, 0.25) is 11.8 Å². The second-order valence-corrected chi connectivity index (χ2v) is 16.2. The van der Waals surface area contributed by atoms with E-state index in [1.807, 2.05) is 31.2 Å². The number of nitrogens with zero attached hydrogens (tertiary/aromatic N) is 5. The molecule has 0 aliphatic heterocycles. The first-order chi connectivity index (χ1) is 37.1. The molecule has 0 bridgehead atoms. The monoisotopic (exact) mass is 1130 g/mol. The highest BCUT2D eigenvalue weighted by Crippen LogP contribution is 2.44. The third kappa shape index (κ3) is 15.8. The number of rotatable bonds is 11. The van der Waals surface area contributed by atoms with Gasteiger partial charge in [-0.1, -0.05) is 41.4 Å². The van der Waals surface area contributed by atoms with E-state index in [9.17, 15) is 53.9 Å². The van der Waals surface area contributed by atoms with Crippen molar-refractivity contribution < 1.29 is 83.0 Å². The molecular weight excluding hydrogens is 1090 g/mol. The molecule has 0 saturated carbocycles. The Balaban J connectivity index is 0.000000212. The van der Waals surface area contributed by atoms with Crippen LogP contribution in [0.4, 0.5) is 50.9 Å². The van der Waals surface area contributed by atoms with Gasteiger partial charge in [0.25, 0.3) is 11.5 Å². The van der Waals surface area contributed by atoms with Gasteiger partial charge < -0.3 is 55.7 Å². The topological polar surface area (TPSA) is 272 Å². The zero-order valence-electron chi connectivity index (χ0n) is 41.2. The maximum absolute atomic E-state index is 13.5.